The van der Waals surface area contributed by atoms with E-state index in [1.54, 1.807) is 30.3 Å². The number of nitriles is 1. The first kappa shape index (κ1) is 24.4. The number of carbonyl (C=O) groups is 3. The summed E-state index contributed by atoms with van der Waals surface area (Å²) < 4.78 is 14.7. The van der Waals surface area contributed by atoms with E-state index in [-0.39, 0.29) is 38.9 Å². The molecule has 174 valence electrons. The molecule has 1 unspecified atom stereocenters. The molecule has 2 N–H and O–H groups in total. The van der Waals surface area contributed by atoms with Crippen molar-refractivity contribution in [3.05, 3.63) is 87.3 Å². The van der Waals surface area contributed by atoms with Crippen LogP contribution in [0.2, 0.25) is 5.02 Å². The van der Waals surface area contributed by atoms with Gasteiger partial charge in [-0.05, 0) is 23.8 Å². The normalized spacial score (nSPS) is 15.5. The average Bonchev–Trinajstić information content (AvgIpc) is 2.87. The van der Waals surface area contributed by atoms with Crippen LogP contribution in [0.15, 0.2) is 71.2 Å². The van der Waals surface area contributed by atoms with Crippen LogP contribution >= 0.6 is 11.6 Å². The van der Waals surface area contributed by atoms with E-state index in [4.69, 9.17) is 31.5 Å². The minimum Gasteiger partial charge on any atom is -0.466 e. The lowest BCUT2D eigenvalue weighted by Gasteiger charge is -2.36. The molecule has 0 bridgehead atoms. The second-order valence-corrected chi connectivity index (χ2v) is 7.40. The Morgan fingerprint density at radius 1 is 0.971 bits per heavy atom. The number of hydrogen-bond donors (Lipinski definition) is 1. The molecule has 9 nitrogen and oxygen atoms in total. The molecule has 1 heterocycles. The number of carbonyl (C=O) groups excluding carboxylic acids is 3. The van der Waals surface area contributed by atoms with Gasteiger partial charge in [0.1, 0.15) is 11.5 Å². The van der Waals surface area contributed by atoms with E-state index in [0.29, 0.717) is 5.56 Å². The molecule has 0 aliphatic carbocycles. The Kier molecular flexibility index (Phi) is 7.24. The van der Waals surface area contributed by atoms with Crippen molar-refractivity contribution in [2.45, 2.75) is 5.92 Å². The van der Waals surface area contributed by atoms with Crippen molar-refractivity contribution >= 4 is 35.2 Å². The molecular weight excluding hydrogens is 462 g/mol. The van der Waals surface area contributed by atoms with Crippen molar-refractivity contribution in [1.82, 2.24) is 0 Å². The van der Waals surface area contributed by atoms with E-state index in [0.717, 1.165) is 14.2 Å². The number of halogens is 1. The third-order valence-corrected chi connectivity index (χ3v) is 5.55. The molecule has 0 saturated carbocycles. The Hall–Kier alpha value is -4.29. The van der Waals surface area contributed by atoms with E-state index in [9.17, 15) is 19.6 Å². The van der Waals surface area contributed by atoms with Crippen molar-refractivity contribution in [3.63, 3.8) is 0 Å². The molecule has 2 aromatic carbocycles. The van der Waals surface area contributed by atoms with E-state index < -0.39 is 23.8 Å². The number of hydrogen-bond acceptors (Lipinski definition) is 9. The number of nitrogens with two attached hydrogens (primary N) is 1. The first-order valence-electron chi connectivity index (χ1n) is 9.84. The molecule has 1 aliphatic rings. The number of esters is 3. The van der Waals surface area contributed by atoms with E-state index in [1.807, 2.05) is 6.07 Å². The molecule has 10 heteroatoms. The number of allylic oxidation sites excluding steroid dienone is 1. The fraction of sp³-hybridized carbons (Fsp3) is 0.167. The zero-order valence-corrected chi connectivity index (χ0v) is 19.3. The summed E-state index contributed by atoms with van der Waals surface area (Å²) in [5.41, 5.74) is 6.69. The van der Waals surface area contributed by atoms with Crippen LogP contribution in [0.5, 0.6) is 0 Å². The molecule has 0 amide bonds. The predicted octanol–water partition coefficient (Wildman–Crippen LogP) is 3.02. The standard InChI is InChI=1S/C24H20ClN3O6/c1-32-22(29)15-11-14(9-10-17(15)25)28-20(24(31)34-3)19(23(30)33-2)18(16(12-26)21(28)27)13-7-5-4-6-8-13/h4-11,18H,27H2,1-3H3. The summed E-state index contributed by atoms with van der Waals surface area (Å²) in [4.78, 5) is 39.4. The summed E-state index contributed by atoms with van der Waals surface area (Å²) in [5, 5.41) is 10.1. The third-order valence-electron chi connectivity index (χ3n) is 5.22. The van der Waals surface area contributed by atoms with Gasteiger partial charge < -0.3 is 19.9 Å². The van der Waals surface area contributed by atoms with Gasteiger partial charge in [-0.3, -0.25) is 4.90 Å². The zero-order chi connectivity index (χ0) is 25.0. The molecule has 34 heavy (non-hydrogen) atoms. The Morgan fingerprint density at radius 3 is 2.15 bits per heavy atom. The summed E-state index contributed by atoms with van der Waals surface area (Å²) in [6, 6.07) is 14.9. The predicted molar refractivity (Wildman–Crippen MR) is 122 cm³/mol. The monoisotopic (exact) mass is 481 g/mol. The highest BCUT2D eigenvalue weighted by Gasteiger charge is 2.43. The number of rotatable bonds is 5. The summed E-state index contributed by atoms with van der Waals surface area (Å²) in [7, 11) is 3.48. The summed E-state index contributed by atoms with van der Waals surface area (Å²) in [6.45, 7) is 0. The SMILES string of the molecule is COC(=O)C1=C(C(=O)OC)N(c2ccc(Cl)c(C(=O)OC)c2)C(N)=C(C#N)C1c1ccccc1. The molecule has 0 spiro atoms. The van der Waals surface area contributed by atoms with Crippen molar-refractivity contribution in [2.75, 3.05) is 26.2 Å². The minimum atomic E-state index is -1.00. The van der Waals surface area contributed by atoms with Crippen LogP contribution in [0.4, 0.5) is 5.69 Å². The lowest BCUT2D eigenvalue weighted by molar-refractivity contribution is -0.139. The Morgan fingerprint density at radius 2 is 1.59 bits per heavy atom. The topological polar surface area (TPSA) is 132 Å². The van der Waals surface area contributed by atoms with Gasteiger partial charge in [0.15, 0.2) is 0 Å². The summed E-state index contributed by atoms with van der Waals surface area (Å²) in [6.07, 6.45) is 0. The van der Waals surface area contributed by atoms with Crippen molar-refractivity contribution in [3.8, 4) is 6.07 Å². The lowest BCUT2D eigenvalue weighted by atomic mass is 9.81. The highest BCUT2D eigenvalue weighted by Crippen LogP contribution is 2.43. The van der Waals surface area contributed by atoms with Crippen molar-refractivity contribution < 1.29 is 28.6 Å². The van der Waals surface area contributed by atoms with Crippen LogP contribution in [0.3, 0.4) is 0 Å². The first-order valence-corrected chi connectivity index (χ1v) is 10.2. The van der Waals surface area contributed by atoms with Gasteiger partial charge in [0, 0.05) is 5.69 Å². The van der Waals surface area contributed by atoms with Gasteiger partial charge in [-0.25, -0.2) is 14.4 Å². The molecule has 1 atom stereocenters. The van der Waals surface area contributed by atoms with Gasteiger partial charge in [0.2, 0.25) is 0 Å². The van der Waals surface area contributed by atoms with Gasteiger partial charge in [-0.15, -0.1) is 0 Å². The molecule has 0 radical (unpaired) electrons. The third kappa shape index (κ3) is 4.19. The second kappa shape index (κ2) is 10.1. The highest BCUT2D eigenvalue weighted by atomic mass is 35.5. The smallest absolute Gasteiger partial charge is 0.355 e. The maximum Gasteiger partial charge on any atom is 0.355 e. The maximum absolute atomic E-state index is 13.0. The maximum atomic E-state index is 13.0. The molecule has 0 fully saturated rings. The molecule has 3 rings (SSSR count). The summed E-state index contributed by atoms with van der Waals surface area (Å²) in [5.74, 6) is -3.64. The summed E-state index contributed by atoms with van der Waals surface area (Å²) >= 11 is 6.14. The fourth-order valence-electron chi connectivity index (χ4n) is 3.70. The molecular formula is C24H20ClN3O6. The number of anilines is 1. The van der Waals surface area contributed by atoms with E-state index in [2.05, 4.69) is 0 Å². The Balaban J connectivity index is 2.41. The molecule has 1 aliphatic heterocycles. The number of benzene rings is 2. The number of nitrogens with zero attached hydrogens (tertiary/aromatic N) is 2. The van der Waals surface area contributed by atoms with Crippen LogP contribution in [0.1, 0.15) is 21.8 Å². The van der Waals surface area contributed by atoms with Crippen LogP contribution in [0, 0.1) is 11.3 Å². The minimum absolute atomic E-state index is 0.00572. The highest BCUT2D eigenvalue weighted by molar-refractivity contribution is 6.33. The van der Waals surface area contributed by atoms with Gasteiger partial charge in [-0.2, -0.15) is 5.26 Å². The quantitative estimate of drug-likeness (QED) is 0.505. The number of ether oxygens (including phenoxy) is 3. The Bertz CT molecular complexity index is 1260. The van der Waals surface area contributed by atoms with Gasteiger partial charge in [0.05, 0.1) is 55.0 Å². The molecule has 0 saturated heterocycles. The largest absolute Gasteiger partial charge is 0.466 e. The fourth-order valence-corrected chi connectivity index (χ4v) is 3.89. The van der Waals surface area contributed by atoms with Crippen LogP contribution in [0.25, 0.3) is 0 Å². The lowest BCUT2D eigenvalue weighted by Crippen LogP contribution is -2.40. The van der Waals surface area contributed by atoms with Gasteiger partial charge in [-0.1, -0.05) is 41.9 Å². The zero-order valence-electron chi connectivity index (χ0n) is 18.5. The second-order valence-electron chi connectivity index (χ2n) is 6.99. The van der Waals surface area contributed by atoms with Crippen LogP contribution in [-0.4, -0.2) is 39.2 Å². The van der Waals surface area contributed by atoms with E-state index >= 15 is 0 Å². The molecule has 2 aromatic rings. The van der Waals surface area contributed by atoms with Gasteiger partial charge >= 0.3 is 17.9 Å². The Labute approximate surface area is 200 Å². The van der Waals surface area contributed by atoms with E-state index in [1.165, 1.54) is 30.2 Å². The van der Waals surface area contributed by atoms with Crippen molar-refractivity contribution in [1.29, 1.82) is 5.26 Å². The average molecular weight is 482 g/mol. The number of methoxy groups -OCH3 is 3. The first-order chi connectivity index (χ1) is 16.3. The van der Waals surface area contributed by atoms with Gasteiger partial charge in [0.25, 0.3) is 0 Å². The molecule has 0 aromatic heterocycles. The van der Waals surface area contributed by atoms with Crippen LogP contribution in [-0.2, 0) is 23.8 Å². The van der Waals surface area contributed by atoms with Crippen molar-refractivity contribution in [2.24, 2.45) is 5.73 Å². The van der Waals surface area contributed by atoms with Crippen LogP contribution < -0.4 is 10.6 Å².